The summed E-state index contributed by atoms with van der Waals surface area (Å²) in [5.41, 5.74) is 0.799. The van der Waals surface area contributed by atoms with E-state index >= 15 is 0 Å². The highest BCUT2D eigenvalue weighted by Crippen LogP contribution is 2.42. The van der Waals surface area contributed by atoms with E-state index in [0.717, 1.165) is 12.8 Å². The van der Waals surface area contributed by atoms with Crippen molar-refractivity contribution < 1.29 is 23.5 Å². The molecular weight excluding hydrogens is 373 g/mol. The highest BCUT2D eigenvalue weighted by atomic mass is 19.1. The number of halogens is 1. The first-order valence-electron chi connectivity index (χ1n) is 9.71. The molecule has 0 aliphatic heterocycles. The lowest BCUT2D eigenvalue weighted by Crippen LogP contribution is -2.39. The van der Waals surface area contributed by atoms with Gasteiger partial charge in [-0.05, 0) is 56.5 Å². The zero-order valence-corrected chi connectivity index (χ0v) is 16.5. The van der Waals surface area contributed by atoms with Gasteiger partial charge in [-0.3, -0.25) is 14.4 Å². The molecule has 2 aromatic carbocycles. The lowest BCUT2D eigenvalue weighted by Gasteiger charge is -2.28. The molecule has 0 unspecified atom stereocenters. The van der Waals surface area contributed by atoms with Crippen LogP contribution in [-0.2, 0) is 19.7 Å². The van der Waals surface area contributed by atoms with E-state index in [-0.39, 0.29) is 11.6 Å². The quantitative estimate of drug-likeness (QED) is 0.579. The highest BCUT2D eigenvalue weighted by Gasteiger charge is 2.45. The molecule has 152 valence electrons. The summed E-state index contributed by atoms with van der Waals surface area (Å²) in [7, 11) is 0. The van der Waals surface area contributed by atoms with Crippen LogP contribution in [0.1, 0.15) is 55.5 Å². The normalized spacial score (nSPS) is 16.1. The number of hydrogen-bond donors (Lipinski definition) is 1. The topological polar surface area (TPSA) is 72.5 Å². The third-order valence-corrected chi connectivity index (χ3v) is 5.43. The molecule has 1 aliphatic rings. The third-order valence-electron chi connectivity index (χ3n) is 5.43. The Morgan fingerprint density at radius 1 is 1.07 bits per heavy atom. The standard InChI is InChI=1S/C23H24FNO4/c1-15(26)17-6-5-7-20(14-17)25-21(27)16(2)29-22(28)23(12-3-4-13-23)18-8-10-19(24)11-9-18/h5-11,14,16H,3-4,12-13H2,1-2H3,(H,25,27)/t16-/m1/s1. The Balaban J connectivity index is 1.71. The number of carbonyl (C=O) groups is 3. The maximum atomic E-state index is 13.3. The number of rotatable bonds is 6. The summed E-state index contributed by atoms with van der Waals surface area (Å²) < 4.78 is 18.8. The Hall–Kier alpha value is -3.02. The molecule has 1 N–H and O–H groups in total. The smallest absolute Gasteiger partial charge is 0.317 e. The predicted molar refractivity (Wildman–Crippen MR) is 107 cm³/mol. The first-order chi connectivity index (χ1) is 13.8. The molecule has 1 fully saturated rings. The molecule has 1 atom stereocenters. The van der Waals surface area contributed by atoms with E-state index in [1.165, 1.54) is 26.0 Å². The van der Waals surface area contributed by atoms with Crippen LogP contribution in [0.25, 0.3) is 0 Å². The fraction of sp³-hybridized carbons (Fsp3) is 0.348. The maximum absolute atomic E-state index is 13.3. The zero-order valence-electron chi connectivity index (χ0n) is 16.5. The molecule has 3 rings (SSSR count). The second kappa shape index (κ2) is 8.55. The van der Waals surface area contributed by atoms with Gasteiger partial charge in [0.1, 0.15) is 5.82 Å². The van der Waals surface area contributed by atoms with E-state index in [1.807, 2.05) is 0 Å². The number of anilines is 1. The van der Waals surface area contributed by atoms with Gasteiger partial charge in [-0.1, -0.05) is 37.1 Å². The van der Waals surface area contributed by atoms with Gasteiger partial charge >= 0.3 is 5.97 Å². The number of amides is 1. The second-order valence-electron chi connectivity index (χ2n) is 7.47. The minimum atomic E-state index is -1.01. The minimum Gasteiger partial charge on any atom is -0.452 e. The van der Waals surface area contributed by atoms with Crippen LogP contribution in [0.15, 0.2) is 48.5 Å². The van der Waals surface area contributed by atoms with Crippen LogP contribution in [0.3, 0.4) is 0 Å². The van der Waals surface area contributed by atoms with Crippen LogP contribution in [0.2, 0.25) is 0 Å². The lowest BCUT2D eigenvalue weighted by molar-refractivity contribution is -0.159. The number of ether oxygens (including phenoxy) is 1. The Kier molecular flexibility index (Phi) is 6.11. The van der Waals surface area contributed by atoms with Gasteiger partial charge in [-0.15, -0.1) is 0 Å². The van der Waals surface area contributed by atoms with Crippen molar-refractivity contribution in [2.24, 2.45) is 0 Å². The molecule has 0 aromatic heterocycles. The van der Waals surface area contributed by atoms with Gasteiger partial charge in [0.05, 0.1) is 5.41 Å². The molecule has 0 saturated heterocycles. The molecule has 2 aromatic rings. The monoisotopic (exact) mass is 397 g/mol. The molecular formula is C23H24FNO4. The Morgan fingerprint density at radius 3 is 2.34 bits per heavy atom. The predicted octanol–water partition coefficient (Wildman–Crippen LogP) is 4.41. The van der Waals surface area contributed by atoms with E-state index in [0.29, 0.717) is 29.7 Å². The van der Waals surface area contributed by atoms with E-state index in [1.54, 1.807) is 36.4 Å². The summed E-state index contributed by atoms with van der Waals surface area (Å²) in [5, 5.41) is 2.67. The SMILES string of the molecule is CC(=O)c1cccc(NC(=O)[C@@H](C)OC(=O)C2(c3ccc(F)cc3)CCCC2)c1. The van der Waals surface area contributed by atoms with Crippen LogP contribution < -0.4 is 5.32 Å². The molecule has 6 heteroatoms. The van der Waals surface area contributed by atoms with Crippen molar-refractivity contribution in [1.29, 1.82) is 0 Å². The highest BCUT2D eigenvalue weighted by molar-refractivity contribution is 5.99. The largest absolute Gasteiger partial charge is 0.452 e. The molecule has 0 heterocycles. The van der Waals surface area contributed by atoms with Gasteiger partial charge in [0.2, 0.25) is 0 Å². The number of ketones is 1. The van der Waals surface area contributed by atoms with Gasteiger partial charge in [-0.25, -0.2) is 4.39 Å². The summed E-state index contributed by atoms with van der Waals surface area (Å²) in [5.74, 6) is -1.42. The van der Waals surface area contributed by atoms with Crippen molar-refractivity contribution in [3.8, 4) is 0 Å². The third kappa shape index (κ3) is 4.53. The van der Waals surface area contributed by atoms with E-state index in [2.05, 4.69) is 5.32 Å². The molecule has 0 spiro atoms. The number of benzene rings is 2. The summed E-state index contributed by atoms with van der Waals surface area (Å²) in [4.78, 5) is 37.0. The number of Topliss-reactive ketones (excluding diaryl/α,β-unsaturated/α-hetero) is 1. The Morgan fingerprint density at radius 2 is 1.72 bits per heavy atom. The van der Waals surface area contributed by atoms with Crippen molar-refractivity contribution in [3.05, 3.63) is 65.5 Å². The molecule has 29 heavy (non-hydrogen) atoms. The van der Waals surface area contributed by atoms with Crippen LogP contribution >= 0.6 is 0 Å². The fourth-order valence-electron chi connectivity index (χ4n) is 3.74. The maximum Gasteiger partial charge on any atom is 0.317 e. The summed E-state index contributed by atoms with van der Waals surface area (Å²) in [6, 6.07) is 12.5. The fourth-order valence-corrected chi connectivity index (χ4v) is 3.74. The van der Waals surface area contributed by atoms with E-state index in [9.17, 15) is 18.8 Å². The van der Waals surface area contributed by atoms with Gasteiger partial charge in [-0.2, -0.15) is 0 Å². The lowest BCUT2D eigenvalue weighted by atomic mass is 9.79. The Labute approximate surface area is 169 Å². The zero-order chi connectivity index (χ0) is 21.0. The van der Waals surface area contributed by atoms with Crippen molar-refractivity contribution >= 4 is 23.3 Å². The van der Waals surface area contributed by atoms with Crippen molar-refractivity contribution in [2.45, 2.75) is 51.0 Å². The van der Waals surface area contributed by atoms with Crippen LogP contribution in [0, 0.1) is 5.82 Å². The average Bonchev–Trinajstić information content (AvgIpc) is 3.20. The first-order valence-corrected chi connectivity index (χ1v) is 9.71. The number of nitrogens with one attached hydrogen (secondary N) is 1. The van der Waals surface area contributed by atoms with Gasteiger partial charge in [0.25, 0.3) is 5.91 Å². The Bertz CT molecular complexity index is 917. The molecule has 1 amide bonds. The van der Waals surface area contributed by atoms with Crippen LogP contribution in [0.5, 0.6) is 0 Å². The molecule has 0 radical (unpaired) electrons. The van der Waals surface area contributed by atoms with Crippen molar-refractivity contribution in [1.82, 2.24) is 0 Å². The summed E-state index contributed by atoms with van der Waals surface area (Å²) in [6.07, 6.45) is 1.93. The molecule has 0 bridgehead atoms. The second-order valence-corrected chi connectivity index (χ2v) is 7.47. The van der Waals surface area contributed by atoms with Gasteiger partial charge in [0.15, 0.2) is 11.9 Å². The van der Waals surface area contributed by atoms with Gasteiger partial charge < -0.3 is 10.1 Å². The van der Waals surface area contributed by atoms with E-state index < -0.39 is 23.4 Å². The summed E-state index contributed by atoms with van der Waals surface area (Å²) in [6.45, 7) is 2.96. The van der Waals surface area contributed by atoms with Crippen molar-refractivity contribution in [3.63, 3.8) is 0 Å². The minimum absolute atomic E-state index is 0.108. The number of hydrogen-bond acceptors (Lipinski definition) is 4. The molecule has 1 saturated carbocycles. The van der Waals surface area contributed by atoms with Crippen molar-refractivity contribution in [2.75, 3.05) is 5.32 Å². The van der Waals surface area contributed by atoms with Crippen LogP contribution in [-0.4, -0.2) is 23.8 Å². The van der Waals surface area contributed by atoms with Gasteiger partial charge in [0, 0.05) is 11.3 Å². The first kappa shape index (κ1) is 20.7. The molecule has 5 nitrogen and oxygen atoms in total. The number of carbonyl (C=O) groups excluding carboxylic acids is 3. The summed E-state index contributed by atoms with van der Waals surface area (Å²) >= 11 is 0. The molecule has 1 aliphatic carbocycles. The average molecular weight is 397 g/mol. The number of esters is 1. The van der Waals surface area contributed by atoms with Crippen LogP contribution in [0.4, 0.5) is 10.1 Å². The van der Waals surface area contributed by atoms with E-state index in [4.69, 9.17) is 4.74 Å².